The summed E-state index contributed by atoms with van der Waals surface area (Å²) in [7, 11) is 4.02. The molecule has 1 aliphatic rings. The Morgan fingerprint density at radius 3 is 2.61 bits per heavy atom. The van der Waals surface area contributed by atoms with Crippen LogP contribution in [0.2, 0.25) is 5.28 Å². The van der Waals surface area contributed by atoms with Crippen LogP contribution in [0.4, 0.5) is 0 Å². The van der Waals surface area contributed by atoms with Crippen LogP contribution in [-0.2, 0) is 5.54 Å². The number of nitrogens with zero attached hydrogens (tertiary/aromatic N) is 3. The molecule has 1 aromatic carbocycles. The van der Waals surface area contributed by atoms with E-state index in [0.717, 1.165) is 22.6 Å². The number of rotatable bonds is 3. The van der Waals surface area contributed by atoms with Crippen LogP contribution in [-0.4, -0.2) is 29.0 Å². The van der Waals surface area contributed by atoms with Crippen LogP contribution < -0.4 is 5.73 Å². The number of nitrogens with two attached hydrogens (primary N) is 1. The molecule has 1 atom stereocenters. The van der Waals surface area contributed by atoms with Crippen molar-refractivity contribution in [1.29, 1.82) is 0 Å². The Bertz CT molecular complexity index is 768. The molecule has 3 rings (SSSR count). The van der Waals surface area contributed by atoms with Crippen molar-refractivity contribution in [2.75, 3.05) is 14.1 Å². The van der Waals surface area contributed by atoms with Gasteiger partial charge in [-0.25, -0.2) is 9.97 Å². The van der Waals surface area contributed by atoms with Gasteiger partial charge in [0, 0.05) is 31.8 Å². The minimum absolute atomic E-state index is 0.209. The van der Waals surface area contributed by atoms with E-state index in [-0.39, 0.29) is 5.28 Å². The van der Waals surface area contributed by atoms with Crippen LogP contribution in [0.25, 0.3) is 11.3 Å². The van der Waals surface area contributed by atoms with Crippen molar-refractivity contribution < 1.29 is 0 Å². The lowest BCUT2D eigenvalue weighted by Crippen LogP contribution is -2.39. The van der Waals surface area contributed by atoms with Crippen LogP contribution >= 0.6 is 11.6 Å². The summed E-state index contributed by atoms with van der Waals surface area (Å²) in [4.78, 5) is 10.8. The largest absolute Gasteiger partial charge is 0.381 e. The van der Waals surface area contributed by atoms with Crippen molar-refractivity contribution in [3.05, 3.63) is 71.3 Å². The molecule has 0 radical (unpaired) electrons. The number of hydrogen-bond donors (Lipinski definition) is 1. The van der Waals surface area contributed by atoms with E-state index in [4.69, 9.17) is 17.3 Å². The average Bonchev–Trinajstić information content (AvgIpc) is 2.55. The number of allylic oxidation sites excluding steroid dienone is 2. The molecule has 0 saturated heterocycles. The fourth-order valence-electron chi connectivity index (χ4n) is 2.64. The zero-order valence-corrected chi connectivity index (χ0v) is 14.0. The van der Waals surface area contributed by atoms with Gasteiger partial charge in [0.15, 0.2) is 0 Å². The molecule has 5 heteroatoms. The maximum atomic E-state index is 6.62. The smallest absolute Gasteiger partial charge is 0.223 e. The Hall–Kier alpha value is -2.17. The zero-order valence-electron chi connectivity index (χ0n) is 13.2. The van der Waals surface area contributed by atoms with E-state index in [0.29, 0.717) is 6.42 Å². The predicted molar refractivity (Wildman–Crippen MR) is 93.9 cm³/mol. The lowest BCUT2D eigenvalue weighted by molar-refractivity contribution is 0.419. The van der Waals surface area contributed by atoms with Crippen molar-refractivity contribution in [3.8, 4) is 11.3 Å². The first-order valence-electron chi connectivity index (χ1n) is 7.43. The first-order chi connectivity index (χ1) is 11.0. The van der Waals surface area contributed by atoms with Crippen LogP contribution in [0.3, 0.4) is 0 Å². The van der Waals surface area contributed by atoms with Gasteiger partial charge in [-0.05, 0) is 23.7 Å². The Balaban J connectivity index is 2.02. The van der Waals surface area contributed by atoms with Gasteiger partial charge in [0.1, 0.15) is 0 Å². The highest BCUT2D eigenvalue weighted by atomic mass is 35.5. The van der Waals surface area contributed by atoms with Gasteiger partial charge in [-0.3, -0.25) is 0 Å². The van der Waals surface area contributed by atoms with Gasteiger partial charge in [-0.15, -0.1) is 0 Å². The fourth-order valence-corrected chi connectivity index (χ4v) is 2.83. The normalized spacial score (nSPS) is 20.3. The fraction of sp³-hybridized carbons (Fsp3) is 0.222. The van der Waals surface area contributed by atoms with Crippen LogP contribution in [0.1, 0.15) is 12.1 Å². The molecule has 0 fully saturated rings. The maximum Gasteiger partial charge on any atom is 0.223 e. The first kappa shape index (κ1) is 15.7. The van der Waals surface area contributed by atoms with E-state index in [2.05, 4.69) is 20.9 Å². The second kappa shape index (κ2) is 6.14. The molecule has 0 amide bonds. The Kier molecular flexibility index (Phi) is 4.20. The van der Waals surface area contributed by atoms with Crippen molar-refractivity contribution in [2.45, 2.75) is 12.0 Å². The zero-order chi connectivity index (χ0) is 16.4. The molecule has 0 bridgehead atoms. The number of halogens is 1. The summed E-state index contributed by atoms with van der Waals surface area (Å²) in [6.07, 6.45) is 6.66. The number of hydrogen-bond acceptors (Lipinski definition) is 4. The second-order valence-electron chi connectivity index (χ2n) is 5.90. The molecule has 0 spiro atoms. The lowest BCUT2D eigenvalue weighted by atomic mass is 9.86. The molecular formula is C18H19ClN4. The summed E-state index contributed by atoms with van der Waals surface area (Å²) in [6, 6.07) is 11.8. The predicted octanol–water partition coefficient (Wildman–Crippen LogP) is 3.36. The summed E-state index contributed by atoms with van der Waals surface area (Å²) >= 11 is 6.15. The molecule has 4 nitrogen and oxygen atoms in total. The summed E-state index contributed by atoms with van der Waals surface area (Å²) in [5.41, 5.74) is 9.57. The minimum atomic E-state index is -0.690. The molecule has 118 valence electrons. The monoisotopic (exact) mass is 326 g/mol. The van der Waals surface area contributed by atoms with Crippen molar-refractivity contribution in [2.24, 2.45) is 5.73 Å². The van der Waals surface area contributed by atoms with E-state index in [1.807, 2.05) is 62.6 Å². The SMILES string of the molecule is CN(C)C1=CC=CC(N)(c2cc(-c3ccccc3)nc(Cl)n2)C1. The molecular weight excluding hydrogens is 308 g/mol. The summed E-state index contributed by atoms with van der Waals surface area (Å²) < 4.78 is 0. The molecule has 0 aliphatic heterocycles. The standard InChI is InChI=1S/C18H19ClN4/c1-23(2)14-9-6-10-18(20,12-14)16-11-15(21-17(19)22-16)13-7-4-3-5-8-13/h3-11H,12,20H2,1-2H3. The molecule has 1 heterocycles. The van der Waals surface area contributed by atoms with E-state index >= 15 is 0 Å². The van der Waals surface area contributed by atoms with Gasteiger partial charge < -0.3 is 10.6 Å². The Morgan fingerprint density at radius 2 is 1.91 bits per heavy atom. The van der Waals surface area contributed by atoms with E-state index in [9.17, 15) is 0 Å². The Morgan fingerprint density at radius 1 is 1.17 bits per heavy atom. The van der Waals surface area contributed by atoms with Gasteiger partial charge in [0.2, 0.25) is 5.28 Å². The summed E-state index contributed by atoms with van der Waals surface area (Å²) in [5, 5.41) is 0.209. The van der Waals surface area contributed by atoms with Gasteiger partial charge in [-0.2, -0.15) is 0 Å². The first-order valence-corrected chi connectivity index (χ1v) is 7.81. The van der Waals surface area contributed by atoms with Crippen LogP contribution in [0.5, 0.6) is 0 Å². The quantitative estimate of drug-likeness (QED) is 0.879. The Labute approximate surface area is 141 Å². The highest BCUT2D eigenvalue weighted by Gasteiger charge is 2.30. The lowest BCUT2D eigenvalue weighted by Gasteiger charge is -2.32. The average molecular weight is 327 g/mol. The highest BCUT2D eigenvalue weighted by Crippen LogP contribution is 2.32. The van der Waals surface area contributed by atoms with Gasteiger partial charge in [-0.1, -0.05) is 42.5 Å². The van der Waals surface area contributed by atoms with Gasteiger partial charge >= 0.3 is 0 Å². The summed E-state index contributed by atoms with van der Waals surface area (Å²) in [5.74, 6) is 0. The third-order valence-electron chi connectivity index (χ3n) is 3.98. The van der Waals surface area contributed by atoms with Gasteiger partial charge in [0.05, 0.1) is 16.9 Å². The highest BCUT2D eigenvalue weighted by molar-refractivity contribution is 6.28. The maximum absolute atomic E-state index is 6.62. The van der Waals surface area contributed by atoms with E-state index in [1.54, 1.807) is 0 Å². The summed E-state index contributed by atoms with van der Waals surface area (Å²) in [6.45, 7) is 0. The van der Waals surface area contributed by atoms with Gasteiger partial charge in [0.25, 0.3) is 0 Å². The molecule has 1 aromatic heterocycles. The van der Waals surface area contributed by atoms with Crippen molar-refractivity contribution >= 4 is 11.6 Å². The molecule has 2 aromatic rings. The minimum Gasteiger partial charge on any atom is -0.381 e. The molecule has 23 heavy (non-hydrogen) atoms. The van der Waals surface area contributed by atoms with E-state index in [1.165, 1.54) is 0 Å². The van der Waals surface area contributed by atoms with Crippen LogP contribution in [0.15, 0.2) is 60.3 Å². The topological polar surface area (TPSA) is 55.0 Å². The number of benzene rings is 1. The second-order valence-corrected chi connectivity index (χ2v) is 6.24. The molecule has 0 saturated carbocycles. The molecule has 1 aliphatic carbocycles. The van der Waals surface area contributed by atoms with Crippen molar-refractivity contribution in [3.63, 3.8) is 0 Å². The van der Waals surface area contributed by atoms with Crippen molar-refractivity contribution in [1.82, 2.24) is 14.9 Å². The third-order valence-corrected chi connectivity index (χ3v) is 4.14. The third kappa shape index (κ3) is 3.28. The molecule has 2 N–H and O–H groups in total. The molecule has 1 unspecified atom stereocenters. The van der Waals surface area contributed by atoms with Crippen LogP contribution in [0, 0.1) is 0 Å². The van der Waals surface area contributed by atoms with E-state index < -0.39 is 5.54 Å². The number of aromatic nitrogens is 2.